The quantitative estimate of drug-likeness (QED) is 0.696. The van der Waals surface area contributed by atoms with E-state index in [1.165, 1.54) is 10.6 Å². The second-order valence-corrected chi connectivity index (χ2v) is 9.90. The van der Waals surface area contributed by atoms with Gasteiger partial charge in [0, 0.05) is 5.41 Å². The Labute approximate surface area is 153 Å². The summed E-state index contributed by atoms with van der Waals surface area (Å²) in [6.45, 7) is 9.71. The highest BCUT2D eigenvalue weighted by atomic mass is 31.1. The number of benzene rings is 2. The Hall–Kier alpha value is -1.66. The van der Waals surface area contributed by atoms with Crippen LogP contribution in [-0.2, 0) is 4.74 Å². The van der Waals surface area contributed by atoms with Crippen molar-refractivity contribution >= 4 is 24.4 Å². The molecule has 25 heavy (non-hydrogen) atoms. The van der Waals surface area contributed by atoms with Gasteiger partial charge in [-0.1, -0.05) is 88.4 Å². The summed E-state index contributed by atoms with van der Waals surface area (Å²) in [7, 11) is -0.445. The lowest BCUT2D eigenvalue weighted by molar-refractivity contribution is 0.266. The van der Waals surface area contributed by atoms with E-state index in [0.29, 0.717) is 12.0 Å². The van der Waals surface area contributed by atoms with Gasteiger partial charge in [-0.15, -0.1) is 0 Å². The summed E-state index contributed by atoms with van der Waals surface area (Å²) in [6.07, 6.45) is 1.04. The third kappa shape index (κ3) is 4.30. The molecule has 2 aromatic carbocycles. The molecule has 0 fully saturated rings. The van der Waals surface area contributed by atoms with Gasteiger partial charge in [0.05, 0.1) is 6.04 Å². The minimum atomic E-state index is -0.445. The van der Waals surface area contributed by atoms with Gasteiger partial charge in [-0.2, -0.15) is 0 Å². The van der Waals surface area contributed by atoms with Crippen LogP contribution in [0.5, 0.6) is 0 Å². The Morgan fingerprint density at radius 1 is 1.00 bits per heavy atom. The molecule has 0 aliphatic carbocycles. The first-order valence-corrected chi connectivity index (χ1v) is 10.6. The monoisotopic (exact) mass is 353 g/mol. The predicted molar refractivity (Wildman–Crippen MR) is 110 cm³/mol. The summed E-state index contributed by atoms with van der Waals surface area (Å²) < 4.78 is 6.02. The summed E-state index contributed by atoms with van der Waals surface area (Å²) in [5, 5.41) is 2.83. The van der Waals surface area contributed by atoms with E-state index in [2.05, 4.69) is 88.4 Å². The number of ether oxygens (including phenoxy) is 1. The molecule has 0 bridgehead atoms. The Morgan fingerprint density at radius 2 is 1.52 bits per heavy atom. The van der Waals surface area contributed by atoms with Crippen LogP contribution in [0.2, 0.25) is 0 Å². The zero-order valence-corrected chi connectivity index (χ0v) is 16.5. The number of aliphatic imine (C=N–C) groups is 1. The molecule has 0 N–H and O–H groups in total. The number of hydrogen-bond donors (Lipinski definition) is 0. The first-order chi connectivity index (χ1) is 12.0. The lowest BCUT2D eigenvalue weighted by atomic mass is 9.96. The van der Waals surface area contributed by atoms with Gasteiger partial charge in [0.15, 0.2) is 5.90 Å². The van der Waals surface area contributed by atoms with E-state index < -0.39 is 7.92 Å². The molecule has 1 heterocycles. The molecule has 1 aliphatic rings. The lowest BCUT2D eigenvalue weighted by Gasteiger charge is -2.30. The fraction of sp³-hybridized carbons (Fsp3) is 0.409. The molecule has 1 aliphatic heterocycles. The Balaban J connectivity index is 1.89. The highest BCUT2D eigenvalue weighted by Gasteiger charge is 2.36. The first kappa shape index (κ1) is 18.1. The molecular weight excluding hydrogens is 325 g/mol. The van der Waals surface area contributed by atoms with Gasteiger partial charge in [-0.3, -0.25) is 0 Å². The summed E-state index contributed by atoms with van der Waals surface area (Å²) in [5.74, 6) is 1.46. The summed E-state index contributed by atoms with van der Waals surface area (Å²) in [4.78, 5) is 4.90. The predicted octanol–water partition coefficient (Wildman–Crippen LogP) is 4.60. The van der Waals surface area contributed by atoms with Crippen LogP contribution in [0.25, 0.3) is 0 Å². The smallest absolute Gasteiger partial charge is 0.189 e. The van der Waals surface area contributed by atoms with E-state index in [1.54, 1.807) is 0 Å². The van der Waals surface area contributed by atoms with E-state index in [-0.39, 0.29) is 5.41 Å². The van der Waals surface area contributed by atoms with Gasteiger partial charge in [0.1, 0.15) is 6.61 Å². The molecule has 132 valence electrons. The van der Waals surface area contributed by atoms with Gasteiger partial charge >= 0.3 is 0 Å². The van der Waals surface area contributed by atoms with E-state index in [1.807, 2.05) is 0 Å². The Morgan fingerprint density at radius 3 is 1.96 bits per heavy atom. The SMILES string of the molecule is CC(C)[C@H]1COC(C(C)(C)CP(c2ccccc2)c2ccccc2)=N1. The Bertz CT molecular complexity index is 670. The van der Waals surface area contributed by atoms with Crippen LogP contribution in [0.1, 0.15) is 27.7 Å². The number of hydrogen-bond acceptors (Lipinski definition) is 2. The zero-order chi connectivity index (χ0) is 17.9. The Kier molecular flexibility index (Phi) is 5.59. The first-order valence-electron chi connectivity index (χ1n) is 9.06. The molecule has 3 heteroatoms. The van der Waals surface area contributed by atoms with Crippen molar-refractivity contribution in [1.82, 2.24) is 0 Å². The fourth-order valence-corrected chi connectivity index (χ4v) is 5.76. The lowest BCUT2D eigenvalue weighted by Crippen LogP contribution is -2.31. The number of rotatable bonds is 6. The maximum absolute atomic E-state index is 6.02. The fourth-order valence-electron chi connectivity index (χ4n) is 3.11. The van der Waals surface area contributed by atoms with E-state index in [9.17, 15) is 0 Å². The van der Waals surface area contributed by atoms with E-state index in [0.717, 1.165) is 18.7 Å². The standard InChI is InChI=1S/C22H28NOP/c1-17(2)20-15-24-21(23-20)22(3,4)16-25(18-11-7-5-8-12-18)19-13-9-6-10-14-19/h5-14,17,20H,15-16H2,1-4H3/t20-/m1/s1. The molecule has 0 aromatic heterocycles. The van der Waals surface area contributed by atoms with Crippen molar-refractivity contribution in [3.8, 4) is 0 Å². The second kappa shape index (κ2) is 7.70. The van der Waals surface area contributed by atoms with Crippen LogP contribution in [0.15, 0.2) is 65.7 Å². The van der Waals surface area contributed by atoms with Gasteiger partial charge in [0.2, 0.25) is 0 Å². The van der Waals surface area contributed by atoms with Crippen molar-refractivity contribution in [2.45, 2.75) is 33.7 Å². The van der Waals surface area contributed by atoms with Crippen LogP contribution < -0.4 is 10.6 Å². The van der Waals surface area contributed by atoms with Gasteiger partial charge in [-0.05, 0) is 30.6 Å². The number of nitrogens with zero attached hydrogens (tertiary/aromatic N) is 1. The molecule has 0 saturated carbocycles. The van der Waals surface area contributed by atoms with Crippen molar-refractivity contribution in [3.05, 3.63) is 60.7 Å². The molecule has 0 radical (unpaired) electrons. The summed E-state index contributed by atoms with van der Waals surface area (Å²) in [5.41, 5.74) is -0.0684. The van der Waals surface area contributed by atoms with E-state index in [4.69, 9.17) is 9.73 Å². The molecular formula is C22H28NOP. The second-order valence-electron chi connectivity index (χ2n) is 7.70. The van der Waals surface area contributed by atoms with E-state index >= 15 is 0 Å². The minimum Gasteiger partial charge on any atom is -0.478 e. The molecule has 0 amide bonds. The molecule has 0 spiro atoms. The van der Waals surface area contributed by atoms with Crippen LogP contribution in [-0.4, -0.2) is 24.7 Å². The van der Waals surface area contributed by atoms with Crippen LogP contribution in [0, 0.1) is 11.3 Å². The summed E-state index contributed by atoms with van der Waals surface area (Å²) in [6, 6.07) is 22.0. The maximum Gasteiger partial charge on any atom is 0.189 e. The largest absolute Gasteiger partial charge is 0.478 e. The molecule has 2 nitrogen and oxygen atoms in total. The van der Waals surface area contributed by atoms with Crippen molar-refractivity contribution < 1.29 is 4.74 Å². The average Bonchev–Trinajstić information content (AvgIpc) is 3.13. The molecule has 2 aromatic rings. The van der Waals surface area contributed by atoms with Gasteiger partial charge < -0.3 is 4.74 Å². The molecule has 1 atom stereocenters. The third-order valence-electron chi connectivity index (χ3n) is 4.71. The third-order valence-corrected chi connectivity index (χ3v) is 7.66. The van der Waals surface area contributed by atoms with Crippen LogP contribution in [0.3, 0.4) is 0 Å². The van der Waals surface area contributed by atoms with Crippen molar-refractivity contribution in [2.75, 3.05) is 12.8 Å². The normalized spacial score (nSPS) is 17.7. The van der Waals surface area contributed by atoms with Gasteiger partial charge in [0.25, 0.3) is 0 Å². The molecule has 0 unspecified atom stereocenters. The highest BCUT2D eigenvalue weighted by Crippen LogP contribution is 2.42. The van der Waals surface area contributed by atoms with Crippen molar-refractivity contribution in [3.63, 3.8) is 0 Å². The minimum absolute atomic E-state index is 0.0684. The molecule has 0 saturated heterocycles. The zero-order valence-electron chi connectivity index (χ0n) is 15.6. The van der Waals surface area contributed by atoms with Gasteiger partial charge in [-0.25, -0.2) is 4.99 Å². The average molecular weight is 353 g/mol. The maximum atomic E-state index is 6.02. The van der Waals surface area contributed by atoms with Crippen molar-refractivity contribution in [2.24, 2.45) is 16.3 Å². The van der Waals surface area contributed by atoms with Crippen LogP contribution in [0.4, 0.5) is 0 Å². The summed E-state index contributed by atoms with van der Waals surface area (Å²) >= 11 is 0. The van der Waals surface area contributed by atoms with Crippen LogP contribution >= 0.6 is 7.92 Å². The van der Waals surface area contributed by atoms with Crippen molar-refractivity contribution in [1.29, 1.82) is 0 Å². The molecule has 3 rings (SSSR count). The topological polar surface area (TPSA) is 21.6 Å². The highest BCUT2D eigenvalue weighted by molar-refractivity contribution is 7.73.